The lowest BCUT2D eigenvalue weighted by molar-refractivity contribution is -0.657. The van der Waals surface area contributed by atoms with Gasteiger partial charge in [-0.25, -0.2) is 9.55 Å². The van der Waals surface area contributed by atoms with Crippen molar-refractivity contribution in [2.45, 2.75) is 32.9 Å². The molecule has 0 amide bonds. The average Bonchev–Trinajstić information content (AvgIpc) is 2.96. The van der Waals surface area contributed by atoms with E-state index in [2.05, 4.69) is 33.9 Å². The Hall–Kier alpha value is -2.69. The largest absolute Gasteiger partial charge is 0.872 e. The number of fused-ring (bicyclic) bond motifs is 1. The molecule has 2 N–H and O–H groups in total. The zero-order valence-corrected chi connectivity index (χ0v) is 14.1. The van der Waals surface area contributed by atoms with Crippen molar-refractivity contribution in [3.63, 3.8) is 0 Å². The van der Waals surface area contributed by atoms with Gasteiger partial charge in [-0.1, -0.05) is 37.3 Å². The van der Waals surface area contributed by atoms with E-state index in [9.17, 15) is 5.11 Å². The van der Waals surface area contributed by atoms with Gasteiger partial charge in [0, 0.05) is 0 Å². The third kappa shape index (κ3) is 3.30. The number of para-hydroxylation sites is 2. The maximum absolute atomic E-state index is 12.1. The Morgan fingerprint density at radius 1 is 1.21 bits per heavy atom. The molecular weight excluding hydrogens is 302 g/mol. The molecule has 3 rings (SSSR count). The fraction of sp³-hybridized carbons (Fsp3) is 0.316. The van der Waals surface area contributed by atoms with Crippen LogP contribution in [-0.4, -0.2) is 12.1 Å². The van der Waals surface area contributed by atoms with Crippen LogP contribution in [0.2, 0.25) is 0 Å². The molecule has 3 aromatic rings. The summed E-state index contributed by atoms with van der Waals surface area (Å²) in [6.07, 6.45) is 2.24. The molecule has 0 aliphatic heterocycles. The predicted molar refractivity (Wildman–Crippen MR) is 93.2 cm³/mol. The summed E-state index contributed by atoms with van der Waals surface area (Å²) in [5.41, 5.74) is 2.98. The number of rotatable bonds is 7. The highest BCUT2D eigenvalue weighted by Crippen LogP contribution is 2.22. The molecular formula is C19H23N3O2. The number of aromatic nitrogens is 2. The van der Waals surface area contributed by atoms with Crippen LogP contribution in [-0.2, 0) is 13.1 Å². The van der Waals surface area contributed by atoms with E-state index in [1.807, 2.05) is 24.3 Å². The van der Waals surface area contributed by atoms with E-state index in [0.29, 0.717) is 12.3 Å². The predicted octanol–water partition coefficient (Wildman–Crippen LogP) is 2.95. The molecule has 0 saturated carbocycles. The van der Waals surface area contributed by atoms with E-state index in [1.165, 1.54) is 11.6 Å². The minimum atomic E-state index is -0.0157. The number of imidazole rings is 1. The zero-order chi connectivity index (χ0) is 16.9. The first-order valence-electron chi connectivity index (χ1n) is 8.31. The molecule has 0 atom stereocenters. The van der Waals surface area contributed by atoms with Gasteiger partial charge in [-0.05, 0) is 36.2 Å². The van der Waals surface area contributed by atoms with Gasteiger partial charge >= 0.3 is 5.95 Å². The highest BCUT2D eigenvalue weighted by Gasteiger charge is 2.16. The van der Waals surface area contributed by atoms with Crippen LogP contribution in [0.1, 0.15) is 25.3 Å². The van der Waals surface area contributed by atoms with E-state index in [-0.39, 0.29) is 5.75 Å². The van der Waals surface area contributed by atoms with Crippen molar-refractivity contribution in [1.82, 2.24) is 4.98 Å². The van der Waals surface area contributed by atoms with E-state index in [0.717, 1.165) is 36.4 Å². The molecule has 1 heterocycles. The molecule has 5 nitrogen and oxygen atoms in total. The minimum Gasteiger partial charge on any atom is -0.872 e. The number of nitrogens with one attached hydrogen (secondary N) is 2. The quantitative estimate of drug-likeness (QED) is 0.657. The molecule has 0 saturated heterocycles. The summed E-state index contributed by atoms with van der Waals surface area (Å²) >= 11 is 0. The van der Waals surface area contributed by atoms with Gasteiger partial charge in [0.15, 0.2) is 0 Å². The van der Waals surface area contributed by atoms with Crippen molar-refractivity contribution in [2.75, 3.05) is 12.4 Å². The molecule has 0 radical (unpaired) electrons. The van der Waals surface area contributed by atoms with Crippen molar-refractivity contribution in [3.05, 3.63) is 48.0 Å². The molecule has 0 fully saturated rings. The van der Waals surface area contributed by atoms with E-state index >= 15 is 0 Å². The fourth-order valence-electron chi connectivity index (χ4n) is 2.81. The number of aryl methyl sites for hydroxylation is 1. The normalized spacial score (nSPS) is 10.9. The molecule has 2 aromatic carbocycles. The van der Waals surface area contributed by atoms with Gasteiger partial charge < -0.3 is 9.84 Å². The van der Waals surface area contributed by atoms with Crippen LogP contribution < -0.4 is 19.7 Å². The Morgan fingerprint density at radius 2 is 2.04 bits per heavy atom. The van der Waals surface area contributed by atoms with Gasteiger partial charge in [-0.3, -0.25) is 5.32 Å². The Labute approximate surface area is 141 Å². The average molecular weight is 325 g/mol. The molecule has 1 aromatic heterocycles. The molecule has 0 bridgehead atoms. The highest BCUT2D eigenvalue weighted by molar-refractivity contribution is 5.72. The van der Waals surface area contributed by atoms with Crippen molar-refractivity contribution in [2.24, 2.45) is 0 Å². The van der Waals surface area contributed by atoms with Gasteiger partial charge in [-0.15, -0.1) is 0 Å². The Morgan fingerprint density at radius 3 is 2.79 bits per heavy atom. The van der Waals surface area contributed by atoms with Crippen molar-refractivity contribution in [1.29, 1.82) is 0 Å². The fourth-order valence-corrected chi connectivity index (χ4v) is 2.81. The van der Waals surface area contributed by atoms with Crippen LogP contribution in [0.15, 0.2) is 42.5 Å². The Balaban J connectivity index is 1.84. The third-order valence-electron chi connectivity index (χ3n) is 4.17. The molecule has 126 valence electrons. The maximum atomic E-state index is 12.1. The smallest absolute Gasteiger partial charge is 0.356 e. The molecule has 0 aliphatic rings. The SMILES string of the molecule is CCCC[n+]1c(NCc2ccc(OC)cc2[O-])[nH]c2ccccc21. The number of hydrogen-bond donors (Lipinski definition) is 2. The van der Waals surface area contributed by atoms with Gasteiger partial charge in [0.25, 0.3) is 0 Å². The van der Waals surface area contributed by atoms with E-state index < -0.39 is 0 Å². The summed E-state index contributed by atoms with van der Waals surface area (Å²) in [5.74, 6) is 1.50. The molecule has 5 heteroatoms. The van der Waals surface area contributed by atoms with E-state index in [1.54, 1.807) is 7.11 Å². The van der Waals surface area contributed by atoms with Gasteiger partial charge in [-0.2, -0.15) is 0 Å². The van der Waals surface area contributed by atoms with Crippen LogP contribution in [0.3, 0.4) is 0 Å². The summed E-state index contributed by atoms with van der Waals surface area (Å²) in [5, 5.41) is 15.5. The van der Waals surface area contributed by atoms with Crippen molar-refractivity contribution >= 4 is 17.0 Å². The summed E-state index contributed by atoms with van der Waals surface area (Å²) in [6, 6.07) is 13.4. The summed E-state index contributed by atoms with van der Waals surface area (Å²) in [4.78, 5) is 3.41. The molecule has 0 unspecified atom stereocenters. The first kappa shape index (κ1) is 16.2. The Bertz CT molecular complexity index is 827. The lowest BCUT2D eigenvalue weighted by Crippen LogP contribution is -2.36. The summed E-state index contributed by atoms with van der Waals surface area (Å²) in [6.45, 7) is 3.60. The first-order chi connectivity index (χ1) is 11.7. The zero-order valence-electron chi connectivity index (χ0n) is 14.1. The van der Waals surface area contributed by atoms with Crippen molar-refractivity contribution < 1.29 is 14.4 Å². The second-order valence-electron chi connectivity index (χ2n) is 5.82. The van der Waals surface area contributed by atoms with Crippen LogP contribution >= 0.6 is 0 Å². The second kappa shape index (κ2) is 7.25. The minimum absolute atomic E-state index is 0.0157. The number of aromatic amines is 1. The number of methoxy groups -OCH3 is 1. The lowest BCUT2D eigenvalue weighted by Gasteiger charge is -2.14. The summed E-state index contributed by atoms with van der Waals surface area (Å²) in [7, 11) is 1.56. The summed E-state index contributed by atoms with van der Waals surface area (Å²) < 4.78 is 7.33. The number of H-pyrrole nitrogens is 1. The number of unbranched alkanes of at least 4 members (excludes halogenated alkanes) is 1. The number of anilines is 1. The number of nitrogens with zero attached hydrogens (tertiary/aromatic N) is 1. The van der Waals surface area contributed by atoms with Crippen molar-refractivity contribution in [3.8, 4) is 11.5 Å². The van der Waals surface area contributed by atoms with Crippen LogP contribution in [0, 0.1) is 0 Å². The monoisotopic (exact) mass is 325 g/mol. The Kier molecular flexibility index (Phi) is 4.89. The number of ether oxygens (including phenoxy) is 1. The number of benzene rings is 2. The standard InChI is InChI=1S/C19H23N3O2/c1-3-4-11-22-17-8-6-5-7-16(17)21-19(22)20-13-14-9-10-15(24-2)12-18(14)23/h5-10,12H,3-4,11,13H2,1-2H3,(H2,20,21,23). The number of hydrogen-bond acceptors (Lipinski definition) is 3. The molecule has 0 spiro atoms. The first-order valence-corrected chi connectivity index (χ1v) is 8.31. The van der Waals surface area contributed by atoms with Crippen LogP contribution in [0.5, 0.6) is 11.5 Å². The van der Waals surface area contributed by atoms with Gasteiger partial charge in [0.05, 0.1) is 20.2 Å². The van der Waals surface area contributed by atoms with E-state index in [4.69, 9.17) is 4.74 Å². The maximum Gasteiger partial charge on any atom is 0.356 e. The third-order valence-corrected chi connectivity index (χ3v) is 4.17. The second-order valence-corrected chi connectivity index (χ2v) is 5.82. The topological polar surface area (TPSA) is 64.0 Å². The molecule has 24 heavy (non-hydrogen) atoms. The van der Waals surface area contributed by atoms with Crippen LogP contribution in [0.4, 0.5) is 5.95 Å². The van der Waals surface area contributed by atoms with Crippen LogP contribution in [0.25, 0.3) is 11.0 Å². The highest BCUT2D eigenvalue weighted by atomic mass is 16.5. The van der Waals surface area contributed by atoms with Gasteiger partial charge in [0.1, 0.15) is 16.8 Å². The molecule has 0 aliphatic carbocycles. The van der Waals surface area contributed by atoms with Gasteiger partial charge in [0.2, 0.25) is 0 Å². The lowest BCUT2D eigenvalue weighted by atomic mass is 10.2.